The van der Waals surface area contributed by atoms with Crippen molar-refractivity contribution in [2.45, 2.75) is 51.4 Å². The Hall–Kier alpha value is -0.320. The number of ether oxygens (including phenoxy) is 1. The van der Waals surface area contributed by atoms with E-state index in [0.717, 1.165) is 6.42 Å². The van der Waals surface area contributed by atoms with E-state index in [0.29, 0.717) is 0 Å². The number of halogens is 1. The zero-order chi connectivity index (χ0) is 10.9. The van der Waals surface area contributed by atoms with Crippen molar-refractivity contribution in [3.8, 4) is 0 Å². The van der Waals surface area contributed by atoms with Crippen LogP contribution in [0.2, 0.25) is 0 Å². The molecule has 4 nitrogen and oxygen atoms in total. The Labute approximate surface area is 96.6 Å². The van der Waals surface area contributed by atoms with Crippen LogP contribution in [0.4, 0.5) is 0 Å². The first-order valence-electron chi connectivity index (χ1n) is 4.95. The normalized spacial score (nSPS) is 30.3. The van der Waals surface area contributed by atoms with Gasteiger partial charge in [-0.05, 0) is 27.2 Å². The van der Waals surface area contributed by atoms with Gasteiger partial charge in [-0.15, -0.1) is 12.4 Å². The van der Waals surface area contributed by atoms with E-state index in [1.165, 1.54) is 0 Å². The van der Waals surface area contributed by atoms with Gasteiger partial charge in [-0.3, -0.25) is 4.79 Å². The predicted octanol–water partition coefficient (Wildman–Crippen LogP) is 1.41. The van der Waals surface area contributed by atoms with Crippen LogP contribution in [-0.4, -0.2) is 28.8 Å². The minimum atomic E-state index is -0.798. The van der Waals surface area contributed by atoms with Crippen LogP contribution in [0.25, 0.3) is 0 Å². The van der Waals surface area contributed by atoms with Gasteiger partial charge in [-0.2, -0.15) is 0 Å². The van der Waals surface area contributed by atoms with Gasteiger partial charge in [0.1, 0.15) is 0 Å². The number of aliphatic carboxylic acids is 1. The third-order valence-corrected chi connectivity index (χ3v) is 2.45. The molecule has 0 heterocycles. The third-order valence-electron chi connectivity index (χ3n) is 2.45. The Morgan fingerprint density at radius 3 is 2.40 bits per heavy atom. The molecule has 1 fully saturated rings. The molecule has 1 aliphatic rings. The number of rotatable bonds is 3. The zero-order valence-corrected chi connectivity index (χ0v) is 10.2. The quantitative estimate of drug-likeness (QED) is 0.779. The molecule has 3 atom stereocenters. The van der Waals surface area contributed by atoms with Gasteiger partial charge in [0.15, 0.2) is 0 Å². The van der Waals surface area contributed by atoms with E-state index >= 15 is 0 Å². The maximum atomic E-state index is 10.5. The van der Waals surface area contributed by atoms with Crippen LogP contribution >= 0.6 is 12.4 Å². The lowest BCUT2D eigenvalue weighted by molar-refractivity contribution is -0.154. The van der Waals surface area contributed by atoms with E-state index in [-0.39, 0.29) is 42.5 Å². The van der Waals surface area contributed by atoms with Gasteiger partial charge in [0.05, 0.1) is 18.1 Å². The molecule has 0 aromatic heterocycles. The second-order valence-electron chi connectivity index (χ2n) is 4.93. The highest BCUT2D eigenvalue weighted by molar-refractivity contribution is 5.85. The van der Waals surface area contributed by atoms with E-state index in [4.69, 9.17) is 15.6 Å². The number of hydrogen-bond acceptors (Lipinski definition) is 3. The van der Waals surface area contributed by atoms with Crippen LogP contribution < -0.4 is 5.73 Å². The van der Waals surface area contributed by atoms with Crippen LogP contribution in [0.1, 0.15) is 33.6 Å². The van der Waals surface area contributed by atoms with E-state index in [1.54, 1.807) is 0 Å². The first-order valence-corrected chi connectivity index (χ1v) is 4.95. The molecule has 3 N–H and O–H groups in total. The van der Waals surface area contributed by atoms with Gasteiger partial charge >= 0.3 is 5.97 Å². The van der Waals surface area contributed by atoms with Gasteiger partial charge in [-0.1, -0.05) is 0 Å². The largest absolute Gasteiger partial charge is 0.481 e. The maximum Gasteiger partial charge on any atom is 0.303 e. The van der Waals surface area contributed by atoms with E-state index in [2.05, 4.69) is 0 Å². The lowest BCUT2D eigenvalue weighted by atomic mass is 9.74. The molecular formula is C10H20ClNO3. The van der Waals surface area contributed by atoms with Crippen molar-refractivity contribution in [3.05, 3.63) is 0 Å². The summed E-state index contributed by atoms with van der Waals surface area (Å²) in [5.74, 6) is -0.820. The fraction of sp³-hybridized carbons (Fsp3) is 0.900. The highest BCUT2D eigenvalue weighted by atomic mass is 35.5. The fourth-order valence-electron chi connectivity index (χ4n) is 1.77. The van der Waals surface area contributed by atoms with E-state index < -0.39 is 5.97 Å². The maximum absolute atomic E-state index is 10.5. The smallest absolute Gasteiger partial charge is 0.303 e. The summed E-state index contributed by atoms with van der Waals surface area (Å²) in [6.07, 6.45) is 0.901. The highest BCUT2D eigenvalue weighted by Crippen LogP contribution is 2.34. The molecule has 0 saturated heterocycles. The third kappa shape index (κ3) is 4.36. The number of carbonyl (C=O) groups is 1. The van der Waals surface area contributed by atoms with Gasteiger partial charge in [0, 0.05) is 12.0 Å². The number of hydrogen-bond donors (Lipinski definition) is 2. The molecular weight excluding hydrogens is 218 g/mol. The number of nitrogens with two attached hydrogens (primary N) is 1. The lowest BCUT2D eigenvalue weighted by Gasteiger charge is -2.44. The predicted molar refractivity (Wildman–Crippen MR) is 60.2 cm³/mol. The molecule has 0 amide bonds. The fourth-order valence-corrected chi connectivity index (χ4v) is 1.77. The summed E-state index contributed by atoms with van der Waals surface area (Å²) in [5.41, 5.74) is 5.52. The van der Waals surface area contributed by atoms with Gasteiger partial charge in [0.25, 0.3) is 0 Å². The van der Waals surface area contributed by atoms with Gasteiger partial charge in [-0.25, -0.2) is 0 Å². The average Bonchev–Trinajstić information content (AvgIpc) is 1.97. The molecule has 1 rings (SSSR count). The molecule has 0 bridgehead atoms. The lowest BCUT2D eigenvalue weighted by Crippen LogP contribution is -2.54. The van der Waals surface area contributed by atoms with Gasteiger partial charge < -0.3 is 15.6 Å². The minimum Gasteiger partial charge on any atom is -0.481 e. The summed E-state index contributed by atoms with van der Waals surface area (Å²) in [7, 11) is 0. The van der Waals surface area contributed by atoms with Gasteiger partial charge in [0.2, 0.25) is 0 Å². The Bertz CT molecular complexity index is 227. The molecule has 0 unspecified atom stereocenters. The molecule has 0 spiro atoms. The summed E-state index contributed by atoms with van der Waals surface area (Å²) >= 11 is 0. The van der Waals surface area contributed by atoms with Crippen LogP contribution in [0, 0.1) is 5.92 Å². The molecule has 0 aromatic rings. The summed E-state index contributed by atoms with van der Waals surface area (Å²) in [6, 6.07) is -0.0153. The van der Waals surface area contributed by atoms with Crippen LogP contribution in [-0.2, 0) is 9.53 Å². The van der Waals surface area contributed by atoms with Crippen LogP contribution in [0.3, 0.4) is 0 Å². The van der Waals surface area contributed by atoms with E-state index in [9.17, 15) is 4.79 Å². The molecule has 5 heteroatoms. The number of carboxylic acid groups (broad SMARTS) is 1. The summed E-state index contributed by atoms with van der Waals surface area (Å²) in [6.45, 7) is 5.90. The standard InChI is InChI=1S/C10H19NO3.ClH/c1-10(2,3)14-8-5-7(11)6(8)4-9(12)13;/h6-8H,4-5,11H2,1-3H3,(H,12,13);1H/t6-,7+,8-;/m1./s1. The molecule has 90 valence electrons. The Balaban J connectivity index is 0.00000196. The van der Waals surface area contributed by atoms with Crippen molar-refractivity contribution in [1.29, 1.82) is 0 Å². The summed E-state index contributed by atoms with van der Waals surface area (Å²) < 4.78 is 5.71. The van der Waals surface area contributed by atoms with Crippen molar-refractivity contribution in [2.75, 3.05) is 0 Å². The Kier molecular flexibility index (Phi) is 5.03. The first kappa shape index (κ1) is 14.7. The molecule has 15 heavy (non-hydrogen) atoms. The van der Waals surface area contributed by atoms with Crippen LogP contribution in [0.5, 0.6) is 0 Å². The van der Waals surface area contributed by atoms with E-state index in [1.807, 2.05) is 20.8 Å². The average molecular weight is 238 g/mol. The second-order valence-corrected chi connectivity index (χ2v) is 4.93. The molecule has 0 aromatic carbocycles. The summed E-state index contributed by atoms with van der Waals surface area (Å²) in [4.78, 5) is 10.5. The minimum absolute atomic E-state index is 0. The highest BCUT2D eigenvalue weighted by Gasteiger charge is 2.42. The first-order chi connectivity index (χ1) is 6.29. The van der Waals surface area contributed by atoms with Crippen molar-refractivity contribution in [3.63, 3.8) is 0 Å². The Morgan fingerprint density at radius 1 is 1.53 bits per heavy atom. The SMILES string of the molecule is CC(C)(C)O[C@@H]1C[C@H](N)[C@H]1CC(=O)O.Cl. The topological polar surface area (TPSA) is 72.5 Å². The Morgan fingerprint density at radius 2 is 2.07 bits per heavy atom. The molecule has 1 saturated carbocycles. The monoisotopic (exact) mass is 237 g/mol. The molecule has 1 aliphatic carbocycles. The van der Waals surface area contributed by atoms with Crippen molar-refractivity contribution < 1.29 is 14.6 Å². The van der Waals surface area contributed by atoms with Crippen molar-refractivity contribution in [1.82, 2.24) is 0 Å². The summed E-state index contributed by atoms with van der Waals surface area (Å²) in [5, 5.41) is 8.67. The van der Waals surface area contributed by atoms with Crippen molar-refractivity contribution >= 4 is 18.4 Å². The van der Waals surface area contributed by atoms with Crippen LogP contribution in [0.15, 0.2) is 0 Å². The van der Waals surface area contributed by atoms with Crippen molar-refractivity contribution in [2.24, 2.45) is 11.7 Å². The number of carboxylic acids is 1. The molecule has 0 radical (unpaired) electrons. The molecule has 0 aliphatic heterocycles. The zero-order valence-electron chi connectivity index (χ0n) is 9.40. The second kappa shape index (κ2) is 5.14.